The van der Waals surface area contributed by atoms with E-state index in [-0.39, 0.29) is 11.1 Å². The zero-order valence-electron chi connectivity index (χ0n) is 9.88. The molecule has 0 saturated carbocycles. The van der Waals surface area contributed by atoms with Crippen LogP contribution in [-0.2, 0) is 0 Å². The molecule has 0 atom stereocenters. The minimum absolute atomic E-state index is 0.225. The zero-order chi connectivity index (χ0) is 13.7. The molecule has 0 heterocycles. The van der Waals surface area contributed by atoms with Crippen LogP contribution in [0.2, 0.25) is 0 Å². The van der Waals surface area contributed by atoms with Gasteiger partial charge in [0.15, 0.2) is 17.4 Å². The number of ketones is 1. The van der Waals surface area contributed by atoms with E-state index in [1.807, 2.05) is 0 Å². The highest BCUT2D eigenvalue weighted by Crippen LogP contribution is 2.15. The topological polar surface area (TPSA) is 41.1 Å². The van der Waals surface area contributed by atoms with Gasteiger partial charge in [-0.05, 0) is 26.0 Å². The Morgan fingerprint density at radius 1 is 1.33 bits per heavy atom. The van der Waals surface area contributed by atoms with Crippen LogP contribution in [0.5, 0.6) is 0 Å². The lowest BCUT2D eigenvalue weighted by atomic mass is 10.0. The third kappa shape index (κ3) is 3.59. The molecule has 1 aromatic carbocycles. The number of benzene rings is 1. The number of carbonyl (C=O) groups is 1. The molecule has 0 saturated heterocycles. The van der Waals surface area contributed by atoms with Gasteiger partial charge in [-0.3, -0.25) is 10.2 Å². The number of allylic oxidation sites excluding steroid dienone is 1. The lowest BCUT2D eigenvalue weighted by molar-refractivity contribution is 0.102. The van der Waals surface area contributed by atoms with Crippen molar-refractivity contribution >= 4 is 23.0 Å². The summed E-state index contributed by atoms with van der Waals surface area (Å²) >= 11 is 4.75. The second-order valence-electron chi connectivity index (χ2n) is 3.58. The average molecular weight is 270 g/mol. The Kier molecular flexibility index (Phi) is 4.91. The highest BCUT2D eigenvalue weighted by atomic mass is 32.1. The molecule has 0 spiro atoms. The van der Waals surface area contributed by atoms with Crippen LogP contribution in [0, 0.1) is 11.6 Å². The van der Waals surface area contributed by atoms with E-state index in [1.165, 1.54) is 25.3 Å². The van der Waals surface area contributed by atoms with Gasteiger partial charge in [-0.1, -0.05) is 18.3 Å². The van der Waals surface area contributed by atoms with Crippen LogP contribution >= 0.6 is 12.2 Å². The van der Waals surface area contributed by atoms with E-state index in [4.69, 9.17) is 12.2 Å². The highest BCUT2D eigenvalue weighted by molar-refractivity contribution is 7.80. The number of hydrogen-bond donors (Lipinski definition) is 2. The van der Waals surface area contributed by atoms with Crippen molar-refractivity contribution in [3.63, 3.8) is 0 Å². The van der Waals surface area contributed by atoms with Crippen LogP contribution in [0.15, 0.2) is 30.0 Å². The second-order valence-corrected chi connectivity index (χ2v) is 4.20. The molecule has 0 aromatic heterocycles. The molecule has 18 heavy (non-hydrogen) atoms. The van der Waals surface area contributed by atoms with Gasteiger partial charge in [0.2, 0.25) is 0 Å². The summed E-state index contributed by atoms with van der Waals surface area (Å²) in [5.74, 6) is -2.79. The van der Waals surface area contributed by atoms with E-state index in [1.54, 1.807) is 6.92 Å². The quantitative estimate of drug-likeness (QED) is 0.382. The summed E-state index contributed by atoms with van der Waals surface area (Å²) in [5, 5.41) is 0. The monoisotopic (exact) mass is 270 g/mol. The molecule has 3 nitrogen and oxygen atoms in total. The van der Waals surface area contributed by atoms with Gasteiger partial charge in [0.25, 0.3) is 0 Å². The Morgan fingerprint density at radius 3 is 2.61 bits per heavy atom. The van der Waals surface area contributed by atoms with Crippen molar-refractivity contribution in [3.05, 3.63) is 47.2 Å². The first-order chi connectivity index (χ1) is 8.43. The molecule has 0 amide bonds. The number of nitrogens with one attached hydrogen (secondary N) is 2. The minimum Gasteiger partial charge on any atom is -0.307 e. The van der Waals surface area contributed by atoms with E-state index in [0.29, 0.717) is 4.99 Å². The molecule has 2 N–H and O–H groups in total. The number of Topliss-reactive ketones (excluding diaryl/α,β-unsaturated/α-hetero) is 1. The number of rotatable bonds is 4. The molecule has 0 aliphatic heterocycles. The lowest BCUT2D eigenvalue weighted by Gasteiger charge is -2.06. The molecule has 0 unspecified atom stereocenters. The number of hydrogen-bond acceptors (Lipinski definition) is 3. The van der Waals surface area contributed by atoms with Gasteiger partial charge in [-0.25, -0.2) is 8.78 Å². The van der Waals surface area contributed by atoms with Crippen LogP contribution in [0.3, 0.4) is 0 Å². The molecule has 0 aliphatic carbocycles. The summed E-state index contributed by atoms with van der Waals surface area (Å²) in [6.45, 7) is 3.14. The van der Waals surface area contributed by atoms with Gasteiger partial charge in [0.05, 0.1) is 10.6 Å². The Balaban J connectivity index is 2.86. The fraction of sp³-hybridized carbons (Fsp3) is 0.167. The molecule has 1 rings (SSSR count). The highest BCUT2D eigenvalue weighted by Gasteiger charge is 2.16. The van der Waals surface area contributed by atoms with E-state index in [9.17, 15) is 13.6 Å². The molecule has 0 radical (unpaired) electrons. The number of halogens is 2. The zero-order valence-corrected chi connectivity index (χ0v) is 10.7. The first-order valence-electron chi connectivity index (χ1n) is 5.11. The van der Waals surface area contributed by atoms with E-state index in [2.05, 4.69) is 10.9 Å². The Bertz CT molecular complexity index is 515. The smallest absolute Gasteiger partial charge is 0.193 e. The van der Waals surface area contributed by atoms with Crippen molar-refractivity contribution in [2.24, 2.45) is 0 Å². The molecule has 6 heteroatoms. The van der Waals surface area contributed by atoms with E-state index in [0.717, 1.165) is 6.07 Å². The first-order valence-corrected chi connectivity index (χ1v) is 5.52. The summed E-state index contributed by atoms with van der Waals surface area (Å²) in [6, 6.07) is 3.47. The normalized spacial score (nSPS) is 11.0. The second kappa shape index (κ2) is 6.20. The van der Waals surface area contributed by atoms with Crippen LogP contribution < -0.4 is 10.9 Å². The van der Waals surface area contributed by atoms with Gasteiger partial charge in [0, 0.05) is 11.8 Å². The lowest BCUT2D eigenvalue weighted by Crippen LogP contribution is -2.30. The Morgan fingerprint density at radius 2 is 2.00 bits per heavy atom. The fourth-order valence-corrected chi connectivity index (χ4v) is 1.26. The maximum Gasteiger partial charge on any atom is 0.193 e. The number of thiocarbonyl (C=S) groups is 1. The number of carbonyl (C=O) groups excluding carboxylic acids is 1. The van der Waals surface area contributed by atoms with Gasteiger partial charge < -0.3 is 5.43 Å². The van der Waals surface area contributed by atoms with Crippen LogP contribution in [-0.4, -0.2) is 10.8 Å². The molecule has 96 valence electrons. The van der Waals surface area contributed by atoms with Crippen molar-refractivity contribution in [2.45, 2.75) is 13.8 Å². The number of hydrazine groups is 1. The predicted octanol–water partition coefficient (Wildman–Crippen LogP) is 2.49. The van der Waals surface area contributed by atoms with Gasteiger partial charge >= 0.3 is 0 Å². The fourth-order valence-electron chi connectivity index (χ4n) is 1.20. The minimum atomic E-state index is -1.14. The van der Waals surface area contributed by atoms with Gasteiger partial charge in [0.1, 0.15) is 0 Å². The van der Waals surface area contributed by atoms with Crippen molar-refractivity contribution in [1.29, 1.82) is 0 Å². The van der Waals surface area contributed by atoms with Crippen molar-refractivity contribution in [3.8, 4) is 0 Å². The molecule has 1 aromatic rings. The largest absolute Gasteiger partial charge is 0.307 e. The summed E-state index contributed by atoms with van der Waals surface area (Å²) in [7, 11) is 0. The van der Waals surface area contributed by atoms with E-state index >= 15 is 0 Å². The third-order valence-corrected chi connectivity index (χ3v) is 2.19. The molecule has 0 bridgehead atoms. The maximum atomic E-state index is 13.4. The Labute approximate surface area is 109 Å². The first kappa shape index (κ1) is 14.2. The SMILES string of the molecule is CC(=S)NN/C=C(\C)C(=O)c1cccc(F)c1F. The van der Waals surface area contributed by atoms with Gasteiger partial charge in [-0.2, -0.15) is 0 Å². The summed E-state index contributed by atoms with van der Waals surface area (Å²) in [4.78, 5) is 12.3. The van der Waals surface area contributed by atoms with Crippen molar-refractivity contribution in [1.82, 2.24) is 10.9 Å². The van der Waals surface area contributed by atoms with Crippen molar-refractivity contribution in [2.75, 3.05) is 0 Å². The van der Waals surface area contributed by atoms with E-state index < -0.39 is 17.4 Å². The van der Waals surface area contributed by atoms with Gasteiger partial charge in [-0.15, -0.1) is 0 Å². The molecule has 0 fully saturated rings. The molecule has 0 aliphatic rings. The van der Waals surface area contributed by atoms with Crippen molar-refractivity contribution < 1.29 is 13.6 Å². The summed E-state index contributed by atoms with van der Waals surface area (Å²) in [5.41, 5.74) is 5.10. The standard InChI is InChI=1S/C12H12F2N2OS/c1-7(6-15-16-8(2)18)12(17)9-4-3-5-10(13)11(9)14/h3-6,15H,1-2H3,(H,16,18)/b7-6+. The predicted molar refractivity (Wildman–Crippen MR) is 69.0 cm³/mol. The van der Waals surface area contributed by atoms with Crippen LogP contribution in [0.1, 0.15) is 24.2 Å². The van der Waals surface area contributed by atoms with Crippen LogP contribution in [0.4, 0.5) is 8.78 Å². The third-order valence-electron chi connectivity index (χ3n) is 2.09. The molecular formula is C12H12F2N2OS. The average Bonchev–Trinajstić information content (AvgIpc) is 2.31. The summed E-state index contributed by atoms with van der Waals surface area (Å²) < 4.78 is 26.4. The van der Waals surface area contributed by atoms with Crippen LogP contribution in [0.25, 0.3) is 0 Å². The molecular weight excluding hydrogens is 258 g/mol. The summed E-state index contributed by atoms with van der Waals surface area (Å²) in [6.07, 6.45) is 1.34. The maximum absolute atomic E-state index is 13.4. The Hall–Kier alpha value is -1.82.